The second-order valence-corrected chi connectivity index (χ2v) is 15.4. The summed E-state index contributed by atoms with van der Waals surface area (Å²) in [6, 6.07) is 5.96. The van der Waals surface area contributed by atoms with Crippen LogP contribution in [0.1, 0.15) is 66.3 Å². The van der Waals surface area contributed by atoms with Crippen LogP contribution < -0.4 is 5.46 Å². The van der Waals surface area contributed by atoms with E-state index in [0.717, 1.165) is 31.7 Å². The molecule has 3 heterocycles. The van der Waals surface area contributed by atoms with Crippen LogP contribution in [-0.2, 0) is 39.5 Å². The number of allylic oxidation sites excluding steroid dienone is 1. The summed E-state index contributed by atoms with van der Waals surface area (Å²) >= 11 is 1.57. The Morgan fingerprint density at radius 1 is 1.14 bits per heavy atom. The maximum absolute atomic E-state index is 12.9. The molecule has 1 aromatic heterocycles. The summed E-state index contributed by atoms with van der Waals surface area (Å²) in [7, 11) is -6.44. The van der Waals surface area contributed by atoms with Crippen molar-refractivity contribution in [2.45, 2.75) is 90.0 Å². The highest BCUT2D eigenvalue weighted by Gasteiger charge is 2.52. The Balaban J connectivity index is 1.31. The lowest BCUT2D eigenvalue weighted by Gasteiger charge is -2.33. The number of hydrogen-bond donors (Lipinski definition) is 0. The predicted octanol–water partition coefficient (Wildman–Crippen LogP) is 5.51. The third-order valence-electron chi connectivity index (χ3n) is 7.54. The lowest BCUT2D eigenvalue weighted by atomic mass is 9.79. The molecule has 0 N–H and O–H groups in total. The minimum Gasteiger partial charge on any atom is -0.443 e. The largest absolute Gasteiger partial charge is 0.534 e. The number of amides is 1. The van der Waals surface area contributed by atoms with E-state index in [0.29, 0.717) is 26.1 Å². The van der Waals surface area contributed by atoms with Gasteiger partial charge in [0.1, 0.15) is 5.60 Å². The zero-order valence-corrected chi connectivity index (χ0v) is 27.5. The lowest BCUT2D eigenvalue weighted by Crippen LogP contribution is -2.43. The molecular formula is C28H38BF3N2O8S2. The molecule has 1 saturated heterocycles. The van der Waals surface area contributed by atoms with Gasteiger partial charge in [0.2, 0.25) is 5.88 Å². The van der Waals surface area contributed by atoms with Gasteiger partial charge in [-0.15, -0.1) is 11.3 Å². The topological polar surface area (TPSA) is 113 Å². The van der Waals surface area contributed by atoms with Crippen LogP contribution in [0.4, 0.5) is 18.0 Å². The van der Waals surface area contributed by atoms with E-state index >= 15 is 0 Å². The predicted molar refractivity (Wildman–Crippen MR) is 160 cm³/mol. The molecule has 0 spiro atoms. The Morgan fingerprint density at radius 3 is 2.41 bits per heavy atom. The van der Waals surface area contributed by atoms with Gasteiger partial charge < -0.3 is 23.0 Å². The minimum atomic E-state index is -5.96. The van der Waals surface area contributed by atoms with Crippen LogP contribution in [0.25, 0.3) is 10.2 Å². The number of hydrogen-bond acceptors (Lipinski definition) is 10. The summed E-state index contributed by atoms with van der Waals surface area (Å²) < 4.78 is 90.6. The van der Waals surface area contributed by atoms with Gasteiger partial charge in [-0.2, -0.15) is 21.6 Å². The van der Waals surface area contributed by atoms with Crippen molar-refractivity contribution in [3.63, 3.8) is 0 Å². The Bertz CT molecular complexity index is 1490. The maximum atomic E-state index is 12.9. The number of nitrogens with zero attached hydrogens (tertiary/aromatic N) is 2. The normalized spacial score (nSPS) is 20.6. The van der Waals surface area contributed by atoms with E-state index < -0.39 is 51.5 Å². The van der Waals surface area contributed by atoms with E-state index in [4.69, 9.17) is 23.8 Å². The molecule has 244 valence electrons. The van der Waals surface area contributed by atoms with Gasteiger partial charge >= 0.3 is 28.8 Å². The third kappa shape index (κ3) is 8.05. The number of alkyl halides is 3. The highest BCUT2D eigenvalue weighted by atomic mass is 32.2. The molecule has 16 heteroatoms. The molecule has 0 saturated carbocycles. The Hall–Kier alpha value is -2.40. The number of aromatic nitrogens is 1. The zero-order chi connectivity index (χ0) is 32.7. The number of benzene rings is 1. The molecule has 2 aliphatic rings. The molecule has 1 amide bonds. The number of fused-ring (bicyclic) bond motifs is 1. The van der Waals surface area contributed by atoms with Crippen LogP contribution in [0, 0.1) is 5.92 Å². The van der Waals surface area contributed by atoms with Crippen molar-refractivity contribution in [1.82, 2.24) is 9.88 Å². The van der Waals surface area contributed by atoms with Crippen molar-refractivity contribution < 1.29 is 49.3 Å². The first-order valence-corrected chi connectivity index (χ1v) is 16.4. The smallest absolute Gasteiger partial charge is 0.443 e. The van der Waals surface area contributed by atoms with Crippen LogP contribution in [0.5, 0.6) is 0 Å². The minimum absolute atomic E-state index is 0.0968. The highest BCUT2D eigenvalue weighted by molar-refractivity contribution is 7.87. The van der Waals surface area contributed by atoms with Crippen LogP contribution >= 0.6 is 11.3 Å². The Kier molecular flexibility index (Phi) is 9.73. The van der Waals surface area contributed by atoms with Gasteiger partial charge in [-0.3, -0.25) is 0 Å². The van der Waals surface area contributed by atoms with Crippen molar-refractivity contribution in [2.75, 3.05) is 19.8 Å². The second-order valence-electron chi connectivity index (χ2n) is 12.8. The van der Waals surface area contributed by atoms with E-state index in [1.54, 1.807) is 32.1 Å². The number of carbonyl (C=O) groups is 1. The molecule has 10 nitrogen and oxygen atoms in total. The van der Waals surface area contributed by atoms with Gasteiger partial charge in [-0.1, -0.05) is 6.07 Å². The SMILES string of the molecule is CC(C)(C)OC(=O)N1CC(CCOCCc2nc3cc(B4OC(C)(C)C(C)(C)O4)ccc3s2)CC=C1OS(=O)(=O)C(F)(F)F. The molecule has 44 heavy (non-hydrogen) atoms. The number of carbonyl (C=O) groups excluding carboxylic acids is 1. The molecule has 1 aromatic carbocycles. The van der Waals surface area contributed by atoms with Crippen molar-refractivity contribution in [3.8, 4) is 0 Å². The lowest BCUT2D eigenvalue weighted by molar-refractivity contribution is -0.0547. The van der Waals surface area contributed by atoms with Gasteiger partial charge in [-0.05, 0) is 90.9 Å². The number of thiazole rings is 1. The second kappa shape index (κ2) is 12.4. The number of rotatable bonds is 9. The fourth-order valence-corrected chi connectivity index (χ4v) is 5.87. The summed E-state index contributed by atoms with van der Waals surface area (Å²) in [5, 5.41) is 0.899. The van der Waals surface area contributed by atoms with Crippen molar-refractivity contribution in [3.05, 3.63) is 35.2 Å². The quantitative estimate of drug-likeness (QED) is 0.149. The average molecular weight is 663 g/mol. The first kappa shape index (κ1) is 34.5. The van der Waals surface area contributed by atoms with E-state index in [1.165, 1.54) is 0 Å². The van der Waals surface area contributed by atoms with E-state index in [2.05, 4.69) is 4.18 Å². The molecule has 2 aromatic rings. The average Bonchev–Trinajstić information content (AvgIpc) is 3.38. The van der Waals surface area contributed by atoms with Crippen molar-refractivity contribution >= 4 is 50.3 Å². The summed E-state index contributed by atoms with van der Waals surface area (Å²) in [6.07, 6.45) is 1.37. The third-order valence-corrected chi connectivity index (χ3v) is 9.59. The van der Waals surface area contributed by atoms with Crippen molar-refractivity contribution in [1.29, 1.82) is 0 Å². The van der Waals surface area contributed by atoms with Gasteiger partial charge in [0.15, 0.2) is 0 Å². The van der Waals surface area contributed by atoms with E-state index in [1.807, 2.05) is 45.9 Å². The first-order valence-electron chi connectivity index (χ1n) is 14.2. The highest BCUT2D eigenvalue weighted by Crippen LogP contribution is 2.37. The van der Waals surface area contributed by atoms with Crippen LogP contribution in [0.3, 0.4) is 0 Å². The fraction of sp³-hybridized carbons (Fsp3) is 0.643. The molecule has 4 rings (SSSR count). The molecule has 1 atom stereocenters. The number of ether oxygens (including phenoxy) is 2. The zero-order valence-electron chi connectivity index (χ0n) is 25.8. The van der Waals surface area contributed by atoms with Crippen LogP contribution in [-0.4, -0.2) is 73.6 Å². The monoisotopic (exact) mass is 662 g/mol. The first-order chi connectivity index (χ1) is 20.2. The van der Waals surface area contributed by atoms with E-state index in [-0.39, 0.29) is 18.9 Å². The van der Waals surface area contributed by atoms with Crippen molar-refractivity contribution in [2.24, 2.45) is 5.92 Å². The summed E-state index contributed by atoms with van der Waals surface area (Å²) in [5.41, 5.74) is -5.74. The molecule has 0 bridgehead atoms. The molecule has 1 fully saturated rings. The number of halogens is 3. The van der Waals surface area contributed by atoms with Crippen LogP contribution in [0.15, 0.2) is 30.2 Å². The van der Waals surface area contributed by atoms with Gasteiger partial charge in [0.25, 0.3) is 0 Å². The summed E-state index contributed by atoms with van der Waals surface area (Å²) in [6.45, 7) is 13.4. The van der Waals surface area contributed by atoms with E-state index in [9.17, 15) is 26.4 Å². The van der Waals surface area contributed by atoms with Crippen LogP contribution in [0.2, 0.25) is 0 Å². The molecule has 1 unspecified atom stereocenters. The molecular weight excluding hydrogens is 624 g/mol. The molecule has 0 radical (unpaired) electrons. The Morgan fingerprint density at radius 2 is 1.80 bits per heavy atom. The fourth-order valence-electron chi connectivity index (χ4n) is 4.47. The summed E-state index contributed by atoms with van der Waals surface area (Å²) in [4.78, 5) is 18.2. The molecule has 0 aliphatic carbocycles. The van der Waals surface area contributed by atoms with Gasteiger partial charge in [-0.25, -0.2) is 14.7 Å². The van der Waals surface area contributed by atoms with Gasteiger partial charge in [0, 0.05) is 19.6 Å². The summed E-state index contributed by atoms with van der Waals surface area (Å²) in [5.74, 6) is -0.953. The van der Waals surface area contributed by atoms with Gasteiger partial charge in [0.05, 0.1) is 33.0 Å². The maximum Gasteiger partial charge on any atom is 0.534 e. The standard InChI is InChI=1S/C28H38BF3N2O8S2/c1-25(2,3)39-24(35)34-17-18(8-11-23(34)40-44(36,37)28(30,31)32)12-14-38-15-13-22-33-20-16-19(9-10-21(20)43-22)29-41-26(4,5)27(6,7)42-29/h9-11,16,18H,8,12-15,17H2,1-7H3. The molecule has 2 aliphatic heterocycles. The Labute approximate surface area is 260 Å².